The molecule has 0 radical (unpaired) electrons. The van der Waals surface area contributed by atoms with E-state index in [1.165, 1.54) is 0 Å². The number of benzene rings is 2. The summed E-state index contributed by atoms with van der Waals surface area (Å²) >= 11 is 0. The molecule has 26 heavy (non-hydrogen) atoms. The number of oxazole rings is 1. The first-order valence-electron chi connectivity index (χ1n) is 8.66. The molecule has 0 spiro atoms. The summed E-state index contributed by atoms with van der Waals surface area (Å²) < 4.78 is 14.1. The first-order valence-corrected chi connectivity index (χ1v) is 8.66. The van der Waals surface area contributed by atoms with Gasteiger partial charge in [0.1, 0.15) is 6.54 Å². The van der Waals surface area contributed by atoms with Gasteiger partial charge in [-0.3, -0.25) is 0 Å². The molecule has 0 bridgehead atoms. The summed E-state index contributed by atoms with van der Waals surface area (Å²) in [4.78, 5) is 2.16. The van der Waals surface area contributed by atoms with Crippen LogP contribution in [0.3, 0.4) is 0 Å². The first kappa shape index (κ1) is 18.5. The molecule has 4 rings (SSSR count). The molecule has 0 saturated heterocycles. The average molecular weight is 461 g/mol. The predicted molar refractivity (Wildman–Crippen MR) is 115 cm³/mol. The van der Waals surface area contributed by atoms with Gasteiger partial charge in [0.2, 0.25) is 11.5 Å². The summed E-state index contributed by atoms with van der Waals surface area (Å²) in [6, 6.07) is 16.2. The van der Waals surface area contributed by atoms with Gasteiger partial charge >= 0.3 is 5.89 Å². The first-order chi connectivity index (χ1) is 12.3. The topological polar surface area (TPSA) is 29.5 Å². The number of allylic oxidation sites excluding steroid dienone is 2. The van der Waals surface area contributed by atoms with Crippen LogP contribution in [0.25, 0.3) is 17.2 Å². The van der Waals surface area contributed by atoms with Gasteiger partial charge in [-0.05, 0) is 44.2 Å². The summed E-state index contributed by atoms with van der Waals surface area (Å²) in [5.41, 5.74) is 3.12. The lowest BCUT2D eigenvalue weighted by Gasteiger charge is -2.14. The maximum atomic E-state index is 5.96. The van der Waals surface area contributed by atoms with Crippen molar-refractivity contribution in [1.82, 2.24) is 0 Å². The summed E-state index contributed by atoms with van der Waals surface area (Å²) in [5.74, 6) is 2.56. The molecule has 2 heterocycles. The highest BCUT2D eigenvalue weighted by atomic mass is 127. The molecule has 3 aromatic rings. The molecule has 0 unspecified atom stereocenters. The van der Waals surface area contributed by atoms with Crippen molar-refractivity contribution in [3.63, 3.8) is 0 Å². The van der Waals surface area contributed by atoms with Crippen molar-refractivity contribution >= 4 is 46.8 Å². The van der Waals surface area contributed by atoms with Crippen molar-refractivity contribution < 1.29 is 13.7 Å². The van der Waals surface area contributed by atoms with E-state index in [1.54, 1.807) is 0 Å². The number of anilines is 1. The van der Waals surface area contributed by atoms with Crippen LogP contribution >= 0.6 is 24.0 Å². The van der Waals surface area contributed by atoms with E-state index in [9.17, 15) is 0 Å². The molecule has 0 atom stereocenters. The normalized spacial score (nSPS) is 14.7. The van der Waals surface area contributed by atoms with E-state index in [0.29, 0.717) is 0 Å². The Bertz CT molecular complexity index is 975. The Kier molecular flexibility index (Phi) is 5.66. The van der Waals surface area contributed by atoms with Crippen LogP contribution < -0.4 is 14.2 Å². The molecule has 0 aliphatic carbocycles. The second-order valence-corrected chi connectivity index (χ2v) is 5.83. The molecule has 5 heteroatoms. The van der Waals surface area contributed by atoms with Crippen LogP contribution in [-0.2, 0) is 6.54 Å². The highest BCUT2D eigenvalue weighted by molar-refractivity contribution is 14.0. The Hall–Kier alpha value is -2.28. The predicted octanol–water partition coefficient (Wildman–Crippen LogP) is 5.13. The maximum absolute atomic E-state index is 5.96. The Labute approximate surface area is 170 Å². The van der Waals surface area contributed by atoms with Crippen molar-refractivity contribution in [2.75, 3.05) is 11.4 Å². The molecular weight excluding hydrogens is 439 g/mol. The zero-order valence-electron chi connectivity index (χ0n) is 14.9. The number of aromatic nitrogens is 1. The molecule has 0 amide bonds. The fourth-order valence-electron chi connectivity index (χ4n) is 3.22. The molecule has 1 aliphatic heterocycles. The van der Waals surface area contributed by atoms with Crippen LogP contribution in [-0.4, -0.2) is 6.54 Å². The van der Waals surface area contributed by atoms with Gasteiger partial charge in [0, 0.05) is 12.6 Å². The van der Waals surface area contributed by atoms with Crippen molar-refractivity contribution in [3.05, 3.63) is 72.5 Å². The second-order valence-electron chi connectivity index (χ2n) is 5.83. The highest BCUT2D eigenvalue weighted by Crippen LogP contribution is 2.38. The lowest BCUT2D eigenvalue weighted by Crippen LogP contribution is -2.33. The number of para-hydroxylation sites is 4. The van der Waals surface area contributed by atoms with Gasteiger partial charge in [-0.25, -0.2) is 0 Å². The van der Waals surface area contributed by atoms with Crippen LogP contribution in [0.15, 0.2) is 71.0 Å². The Balaban J connectivity index is 0.00000196. The van der Waals surface area contributed by atoms with Crippen LogP contribution in [0.4, 0.5) is 5.69 Å². The minimum atomic E-state index is 0. The maximum Gasteiger partial charge on any atom is 0.374 e. The quantitative estimate of drug-likeness (QED) is 0.399. The van der Waals surface area contributed by atoms with Crippen LogP contribution in [0.2, 0.25) is 0 Å². The van der Waals surface area contributed by atoms with Crippen molar-refractivity contribution in [3.8, 4) is 5.75 Å². The third-order valence-corrected chi connectivity index (χ3v) is 4.38. The van der Waals surface area contributed by atoms with Crippen LogP contribution in [0.5, 0.6) is 5.75 Å². The molecule has 4 nitrogen and oxygen atoms in total. The van der Waals surface area contributed by atoms with Gasteiger partial charge in [0.05, 0.1) is 11.8 Å². The number of hydrogen-bond donors (Lipinski definition) is 0. The summed E-state index contributed by atoms with van der Waals surface area (Å²) in [5, 5.41) is 0. The fourth-order valence-corrected chi connectivity index (χ4v) is 3.22. The second kappa shape index (κ2) is 7.95. The van der Waals surface area contributed by atoms with E-state index in [-0.39, 0.29) is 24.0 Å². The molecular formula is C21H22IN2O2+. The highest BCUT2D eigenvalue weighted by Gasteiger charge is 2.24. The molecule has 134 valence electrons. The Morgan fingerprint density at radius 3 is 2.62 bits per heavy atom. The van der Waals surface area contributed by atoms with Gasteiger partial charge < -0.3 is 14.1 Å². The average Bonchev–Trinajstić information content (AvgIpc) is 3.18. The SMILES string of the molecule is CCN1C(=CC=Cc2oc3ccccc3[n+]2CC)Oc2ccccc21.I. The monoisotopic (exact) mass is 461 g/mol. The number of hydrogen-bond acceptors (Lipinski definition) is 3. The lowest BCUT2D eigenvalue weighted by molar-refractivity contribution is -0.674. The van der Waals surface area contributed by atoms with E-state index in [1.807, 2.05) is 54.6 Å². The molecule has 1 aromatic heterocycles. The van der Waals surface area contributed by atoms with Gasteiger partial charge in [-0.2, -0.15) is 4.57 Å². The molecule has 0 fully saturated rings. The number of fused-ring (bicyclic) bond motifs is 2. The van der Waals surface area contributed by atoms with Crippen molar-refractivity contribution in [2.45, 2.75) is 20.4 Å². The van der Waals surface area contributed by atoms with Gasteiger partial charge in [-0.15, -0.1) is 24.0 Å². The number of halogens is 1. The van der Waals surface area contributed by atoms with E-state index < -0.39 is 0 Å². The third kappa shape index (κ3) is 3.23. The number of ether oxygens (including phenoxy) is 1. The van der Waals surface area contributed by atoms with Crippen LogP contribution in [0, 0.1) is 0 Å². The number of rotatable bonds is 4. The summed E-state index contributed by atoms with van der Waals surface area (Å²) in [7, 11) is 0. The van der Waals surface area contributed by atoms with Gasteiger partial charge in [0.25, 0.3) is 5.52 Å². The number of nitrogens with zero attached hydrogens (tertiary/aromatic N) is 2. The smallest absolute Gasteiger partial charge is 0.374 e. The molecule has 1 aliphatic rings. The molecule has 0 N–H and O–H groups in total. The Morgan fingerprint density at radius 1 is 1.04 bits per heavy atom. The van der Waals surface area contributed by atoms with E-state index >= 15 is 0 Å². The standard InChI is InChI=1S/C21H21N2O2.HI/c1-3-22-16-10-5-7-12-18(16)24-20(22)14-9-15-21-23(4-2)17-11-6-8-13-19(17)25-21;/h5-15H,3-4H2,1-2H3;1H/q+1;. The largest absolute Gasteiger partial charge is 0.439 e. The minimum Gasteiger partial charge on any atom is -0.439 e. The van der Waals surface area contributed by atoms with Gasteiger partial charge in [0.15, 0.2) is 5.75 Å². The van der Waals surface area contributed by atoms with E-state index in [2.05, 4.69) is 35.4 Å². The third-order valence-electron chi connectivity index (χ3n) is 4.38. The zero-order chi connectivity index (χ0) is 17.2. The fraction of sp³-hybridized carbons (Fsp3) is 0.190. The van der Waals surface area contributed by atoms with Crippen molar-refractivity contribution in [2.24, 2.45) is 0 Å². The minimum absolute atomic E-state index is 0. The zero-order valence-corrected chi connectivity index (χ0v) is 17.2. The van der Waals surface area contributed by atoms with E-state index in [4.69, 9.17) is 9.15 Å². The summed E-state index contributed by atoms with van der Waals surface area (Å²) in [6.07, 6.45) is 5.95. The molecule has 2 aromatic carbocycles. The van der Waals surface area contributed by atoms with E-state index in [0.717, 1.165) is 47.4 Å². The Morgan fingerprint density at radius 2 is 1.81 bits per heavy atom. The van der Waals surface area contributed by atoms with Crippen LogP contribution in [0.1, 0.15) is 19.7 Å². The van der Waals surface area contributed by atoms with Crippen molar-refractivity contribution in [1.29, 1.82) is 0 Å². The summed E-state index contributed by atoms with van der Waals surface area (Å²) in [6.45, 7) is 5.95. The number of aryl methyl sites for hydroxylation is 1. The molecule has 0 saturated carbocycles. The lowest BCUT2D eigenvalue weighted by atomic mass is 10.3. The van der Waals surface area contributed by atoms with Gasteiger partial charge in [-0.1, -0.05) is 24.3 Å².